The van der Waals surface area contributed by atoms with Crippen molar-refractivity contribution in [2.45, 2.75) is 23.8 Å². The van der Waals surface area contributed by atoms with Crippen LogP contribution in [0.1, 0.15) is 49.1 Å². The number of aromatic carboxylic acids is 1. The minimum atomic E-state index is -4.54. The predicted octanol–water partition coefficient (Wildman–Crippen LogP) is 0.420. The van der Waals surface area contributed by atoms with Crippen LogP contribution in [0.3, 0.4) is 0 Å². The molecule has 1 atom stereocenters. The Balaban J connectivity index is 1.26. The summed E-state index contributed by atoms with van der Waals surface area (Å²) in [4.78, 5) is 73.5. The van der Waals surface area contributed by atoms with E-state index in [2.05, 4.69) is 20.3 Å². The number of primary amides is 1. The second-order valence-corrected chi connectivity index (χ2v) is 11.9. The van der Waals surface area contributed by atoms with Crippen LogP contribution in [-0.2, 0) is 33.1 Å². The van der Waals surface area contributed by atoms with Gasteiger partial charge in [0.05, 0.1) is 45.4 Å². The van der Waals surface area contributed by atoms with Crippen LogP contribution in [0, 0.1) is 0 Å². The second-order valence-electron chi connectivity index (χ2n) is 10.3. The number of H-pyrrole nitrogens is 1. The number of aryl methyl sites for hydroxylation is 1. The average Bonchev–Trinajstić information content (AvgIpc) is 3.58. The van der Waals surface area contributed by atoms with Crippen molar-refractivity contribution in [3.8, 4) is 0 Å². The van der Waals surface area contributed by atoms with E-state index in [-0.39, 0.29) is 12.0 Å². The van der Waals surface area contributed by atoms with Gasteiger partial charge >= 0.3 is 11.9 Å². The first kappa shape index (κ1) is 32.3. The summed E-state index contributed by atoms with van der Waals surface area (Å²) in [6, 6.07) is 12.3. The van der Waals surface area contributed by atoms with Gasteiger partial charge in [0.25, 0.3) is 15.9 Å². The number of aliphatic carboxylic acids is 1. The molecule has 0 aliphatic heterocycles. The van der Waals surface area contributed by atoms with Crippen LogP contribution in [0.2, 0.25) is 0 Å². The number of rotatable bonds is 12. The van der Waals surface area contributed by atoms with Gasteiger partial charge in [-0.2, -0.15) is 0 Å². The van der Waals surface area contributed by atoms with Crippen molar-refractivity contribution in [1.82, 2.24) is 35.1 Å². The number of carbonyl (C=O) groups excluding carboxylic acids is 3. The molecule has 3 amide bonds. The zero-order valence-corrected chi connectivity index (χ0v) is 25.2. The fraction of sp³-hybridized carbons (Fsp3) is 0.138. The number of carbonyl (C=O) groups is 5. The molecule has 0 aliphatic rings. The lowest BCUT2D eigenvalue weighted by Crippen LogP contribution is -2.48. The Kier molecular flexibility index (Phi) is 8.71. The number of nitrogens with zero attached hydrogens (tertiary/aromatic N) is 3. The number of fused-ring (bicyclic) bond motifs is 2. The molecule has 8 N–H and O–H groups in total. The number of benzene rings is 3. The molecule has 5 rings (SSSR count). The molecule has 2 heterocycles. The Morgan fingerprint density at radius 1 is 0.957 bits per heavy atom. The molecule has 0 saturated heterocycles. The van der Waals surface area contributed by atoms with Crippen molar-refractivity contribution >= 4 is 61.8 Å². The lowest BCUT2D eigenvalue weighted by Gasteiger charge is -2.15. The van der Waals surface area contributed by atoms with Gasteiger partial charge in [-0.1, -0.05) is 12.1 Å². The summed E-state index contributed by atoms with van der Waals surface area (Å²) in [5.74, 6) is -4.44. The number of hydrogen-bond acceptors (Lipinski definition) is 9. The van der Waals surface area contributed by atoms with Crippen LogP contribution < -0.4 is 21.3 Å². The van der Waals surface area contributed by atoms with Crippen LogP contribution in [0.4, 0.5) is 0 Å². The first-order chi connectivity index (χ1) is 22.2. The summed E-state index contributed by atoms with van der Waals surface area (Å²) in [6.07, 6.45) is -0.587. The van der Waals surface area contributed by atoms with Gasteiger partial charge < -0.3 is 30.8 Å². The van der Waals surface area contributed by atoms with Gasteiger partial charge in [-0.25, -0.2) is 28.0 Å². The number of hydrogen-bond donors (Lipinski definition) is 7. The van der Waals surface area contributed by atoms with E-state index in [1.807, 2.05) is 5.43 Å². The topological polar surface area (TPSA) is 269 Å². The van der Waals surface area contributed by atoms with Gasteiger partial charge in [0.15, 0.2) is 0 Å². The maximum atomic E-state index is 13.0. The summed E-state index contributed by atoms with van der Waals surface area (Å²) in [5, 5.41) is 21.1. The number of aromatic amines is 1. The maximum Gasteiger partial charge on any atom is 0.337 e. The summed E-state index contributed by atoms with van der Waals surface area (Å²) in [7, 11) is -2.81. The number of hydrazine groups is 1. The van der Waals surface area contributed by atoms with E-state index in [0.717, 1.165) is 12.1 Å². The fourth-order valence-electron chi connectivity index (χ4n) is 4.72. The molecule has 0 fully saturated rings. The normalized spacial score (nSPS) is 12.1. The Morgan fingerprint density at radius 3 is 2.36 bits per heavy atom. The van der Waals surface area contributed by atoms with Gasteiger partial charge in [0, 0.05) is 18.2 Å². The van der Waals surface area contributed by atoms with E-state index in [1.165, 1.54) is 24.3 Å². The predicted molar refractivity (Wildman–Crippen MR) is 164 cm³/mol. The summed E-state index contributed by atoms with van der Waals surface area (Å²) in [6.45, 7) is 0. The lowest BCUT2D eigenvalue weighted by atomic mass is 10.1. The highest BCUT2D eigenvalue weighted by Crippen LogP contribution is 2.21. The second kappa shape index (κ2) is 12.7. The van der Waals surface area contributed by atoms with Crippen LogP contribution in [0.5, 0.6) is 0 Å². The highest BCUT2D eigenvalue weighted by atomic mass is 32.2. The smallest absolute Gasteiger partial charge is 0.337 e. The van der Waals surface area contributed by atoms with Crippen molar-refractivity contribution in [3.05, 3.63) is 89.0 Å². The van der Waals surface area contributed by atoms with E-state index in [9.17, 15) is 42.6 Å². The minimum absolute atomic E-state index is 0.0624. The number of imidazole rings is 2. The molecule has 0 bridgehead atoms. The highest BCUT2D eigenvalue weighted by molar-refractivity contribution is 7.89. The van der Waals surface area contributed by atoms with Gasteiger partial charge in [0.1, 0.15) is 17.7 Å². The number of amides is 3. The van der Waals surface area contributed by atoms with Crippen molar-refractivity contribution in [3.63, 3.8) is 0 Å². The standard InChI is InChI=1S/C29H26N8O9S/c1-37-21-11-15(7-9-18(21)33-24(37)13-23-31-17-8-6-14(26(30)39)10-19(17)32-23)27(40)34-20(29(43)44)12-25(38)35-36-47(45,46)22-5-3-2-4-16(22)28(41)42/h2-11,20,36H,12-13H2,1H3,(H2,30,39)(H,31,32)(H,34,40)(H,35,38)(H,41,42)(H,43,44)/t20-/m0/s1. The largest absolute Gasteiger partial charge is 0.480 e. The molecule has 0 unspecified atom stereocenters. The molecule has 18 heteroatoms. The first-order valence-corrected chi connectivity index (χ1v) is 15.1. The van der Waals surface area contributed by atoms with E-state index >= 15 is 0 Å². The molecule has 0 aliphatic carbocycles. The lowest BCUT2D eigenvalue weighted by molar-refractivity contribution is -0.141. The van der Waals surface area contributed by atoms with Crippen molar-refractivity contribution in [2.75, 3.05) is 0 Å². The summed E-state index contributed by atoms with van der Waals surface area (Å²) >= 11 is 0. The molecule has 3 aromatic carbocycles. The van der Waals surface area contributed by atoms with E-state index in [1.54, 1.807) is 40.7 Å². The number of carboxylic acid groups (broad SMARTS) is 2. The monoisotopic (exact) mass is 662 g/mol. The third kappa shape index (κ3) is 6.92. The maximum absolute atomic E-state index is 13.0. The van der Waals surface area contributed by atoms with Crippen LogP contribution in [0.15, 0.2) is 65.6 Å². The number of carboxylic acids is 2. The van der Waals surface area contributed by atoms with Crippen LogP contribution >= 0.6 is 0 Å². The quantitative estimate of drug-likeness (QED) is 0.0900. The van der Waals surface area contributed by atoms with E-state index in [0.29, 0.717) is 39.3 Å². The van der Waals surface area contributed by atoms with Gasteiger partial charge in [-0.05, 0) is 48.5 Å². The van der Waals surface area contributed by atoms with Gasteiger partial charge in [-0.3, -0.25) is 19.8 Å². The zero-order valence-electron chi connectivity index (χ0n) is 24.3. The SMILES string of the molecule is Cn1c(Cc2nc3ccc(C(N)=O)cc3[nH]2)nc2ccc(C(=O)N[C@@H](CC(=O)NNS(=O)(=O)c3ccccc3C(=O)O)C(=O)O)cc21. The molecular formula is C29H26N8O9S. The molecule has 0 radical (unpaired) electrons. The Labute approximate surface area is 264 Å². The van der Waals surface area contributed by atoms with Crippen LogP contribution in [-0.4, -0.2) is 73.9 Å². The van der Waals surface area contributed by atoms with Crippen molar-refractivity contribution < 1.29 is 42.6 Å². The molecular weight excluding hydrogens is 636 g/mol. The van der Waals surface area contributed by atoms with E-state index in [4.69, 9.17) is 5.73 Å². The minimum Gasteiger partial charge on any atom is -0.480 e. The van der Waals surface area contributed by atoms with Crippen molar-refractivity contribution in [2.24, 2.45) is 12.8 Å². The summed E-state index contributed by atoms with van der Waals surface area (Å²) < 4.78 is 26.8. The number of nitrogens with two attached hydrogens (primary N) is 1. The Bertz CT molecular complexity index is 2210. The number of nitrogens with one attached hydrogen (secondary N) is 4. The summed E-state index contributed by atoms with van der Waals surface area (Å²) in [5.41, 5.74) is 9.36. The molecule has 2 aromatic heterocycles. The molecule has 5 aromatic rings. The zero-order chi connectivity index (χ0) is 34.0. The molecule has 47 heavy (non-hydrogen) atoms. The molecule has 0 spiro atoms. The highest BCUT2D eigenvalue weighted by Gasteiger charge is 2.27. The molecule has 242 valence electrons. The third-order valence-electron chi connectivity index (χ3n) is 7.10. The van der Waals surface area contributed by atoms with Crippen LogP contribution in [0.25, 0.3) is 22.1 Å². The van der Waals surface area contributed by atoms with Crippen molar-refractivity contribution in [1.29, 1.82) is 0 Å². The Hall–Kier alpha value is -6.14. The van der Waals surface area contributed by atoms with Gasteiger partial charge in [-0.15, -0.1) is 4.83 Å². The fourth-order valence-corrected chi connectivity index (χ4v) is 5.78. The van der Waals surface area contributed by atoms with Gasteiger partial charge in [0.2, 0.25) is 11.8 Å². The first-order valence-electron chi connectivity index (χ1n) is 13.6. The third-order valence-corrected chi connectivity index (χ3v) is 8.41. The molecule has 0 saturated carbocycles. The Morgan fingerprint density at radius 2 is 1.66 bits per heavy atom. The molecule has 17 nitrogen and oxygen atoms in total. The average molecular weight is 663 g/mol. The number of sulfonamides is 1. The number of aromatic nitrogens is 4. The van der Waals surface area contributed by atoms with E-state index < -0.39 is 62.6 Å².